The summed E-state index contributed by atoms with van der Waals surface area (Å²) < 4.78 is 27.9. The van der Waals surface area contributed by atoms with Gasteiger partial charge in [0.15, 0.2) is 6.29 Å². The zero-order valence-corrected chi connectivity index (χ0v) is 19.9. The van der Waals surface area contributed by atoms with Crippen LogP contribution in [0.1, 0.15) is 36.3 Å². The van der Waals surface area contributed by atoms with Gasteiger partial charge in [-0.05, 0) is 41.5 Å². The minimum atomic E-state index is -0.344. The lowest BCUT2D eigenvalue weighted by molar-refractivity contribution is -0.169. The van der Waals surface area contributed by atoms with Gasteiger partial charge in [0.2, 0.25) is 0 Å². The minimum Gasteiger partial charge on any atom is -0.448 e. The second kappa shape index (κ2) is 12.9. The zero-order chi connectivity index (χ0) is 23.6. The predicted octanol–water partition coefficient (Wildman–Crippen LogP) is 4.44. The van der Waals surface area contributed by atoms with Crippen LogP contribution in [-0.4, -0.2) is 77.1 Å². The number of ether oxygens (including phenoxy) is 5. The number of hydrogen-bond acceptors (Lipinski definition) is 6. The first-order valence-electron chi connectivity index (χ1n) is 12.2. The summed E-state index contributed by atoms with van der Waals surface area (Å²) >= 11 is 0. The van der Waals surface area contributed by atoms with Crippen molar-refractivity contribution in [2.45, 2.75) is 31.5 Å². The van der Waals surface area contributed by atoms with E-state index in [0.29, 0.717) is 46.2 Å². The molecule has 7 nitrogen and oxygen atoms in total. The van der Waals surface area contributed by atoms with Crippen molar-refractivity contribution >= 4 is 6.09 Å². The smallest absolute Gasteiger partial charge is 0.409 e. The third-order valence-electron chi connectivity index (χ3n) is 6.26. The zero-order valence-electron chi connectivity index (χ0n) is 19.9. The van der Waals surface area contributed by atoms with Gasteiger partial charge in [-0.3, -0.25) is 0 Å². The lowest BCUT2D eigenvalue weighted by atomic mass is 9.98. The number of rotatable bonds is 12. The Morgan fingerprint density at radius 2 is 1.56 bits per heavy atom. The number of hydrogen-bond donors (Lipinski definition) is 0. The fourth-order valence-electron chi connectivity index (χ4n) is 4.40. The van der Waals surface area contributed by atoms with Gasteiger partial charge in [0, 0.05) is 26.1 Å². The molecule has 184 valence electrons. The summed E-state index contributed by atoms with van der Waals surface area (Å²) in [6, 6.07) is 16.6. The molecule has 4 rings (SSSR count). The third-order valence-corrected chi connectivity index (χ3v) is 6.26. The largest absolute Gasteiger partial charge is 0.448 e. The molecule has 1 saturated heterocycles. The van der Waals surface area contributed by atoms with Crippen molar-refractivity contribution < 1.29 is 28.5 Å². The molecule has 7 heteroatoms. The van der Waals surface area contributed by atoms with Crippen LogP contribution in [0.3, 0.4) is 0 Å². The average molecular weight is 470 g/mol. The molecule has 0 aromatic heterocycles. The Balaban J connectivity index is 1.08. The normalized spacial score (nSPS) is 17.3. The highest BCUT2D eigenvalue weighted by atomic mass is 16.7. The van der Waals surface area contributed by atoms with Crippen LogP contribution >= 0.6 is 0 Å². The average Bonchev–Trinajstić information content (AvgIpc) is 3.20. The number of nitrogens with zero attached hydrogens (tertiary/aromatic N) is 1. The van der Waals surface area contributed by atoms with Gasteiger partial charge in [-0.2, -0.15) is 0 Å². The van der Waals surface area contributed by atoms with Gasteiger partial charge < -0.3 is 28.6 Å². The number of fused-ring (bicyclic) bond motifs is 3. The van der Waals surface area contributed by atoms with Crippen molar-refractivity contribution in [1.82, 2.24) is 4.90 Å². The van der Waals surface area contributed by atoms with E-state index in [0.717, 1.165) is 25.9 Å². The fraction of sp³-hybridized carbons (Fsp3) is 0.519. The van der Waals surface area contributed by atoms with Crippen LogP contribution in [0, 0.1) is 0 Å². The van der Waals surface area contributed by atoms with Gasteiger partial charge in [-0.25, -0.2) is 4.79 Å². The maximum Gasteiger partial charge on any atom is 0.409 e. The van der Waals surface area contributed by atoms with Crippen LogP contribution in [-0.2, 0) is 23.7 Å². The summed E-state index contributed by atoms with van der Waals surface area (Å²) in [5.74, 6) is 0.0619. The monoisotopic (exact) mass is 469 g/mol. The highest BCUT2D eigenvalue weighted by molar-refractivity contribution is 5.79. The van der Waals surface area contributed by atoms with Gasteiger partial charge in [0.25, 0.3) is 0 Å². The quantitative estimate of drug-likeness (QED) is 0.428. The Labute approximate surface area is 201 Å². The number of likely N-dealkylation sites (N-methyl/N-ethyl adjacent to an activating group) is 1. The topological polar surface area (TPSA) is 66.5 Å². The molecule has 34 heavy (non-hydrogen) atoms. The molecule has 1 fully saturated rings. The maximum absolute atomic E-state index is 12.5. The SMILES string of the molecule is CN(CCOCCOCCOC1CCCCO1)C(=O)OCC1c2ccccc2-c2ccccc21. The van der Waals surface area contributed by atoms with Crippen LogP contribution in [0.25, 0.3) is 11.1 Å². The molecule has 0 bridgehead atoms. The first-order valence-corrected chi connectivity index (χ1v) is 12.2. The van der Waals surface area contributed by atoms with E-state index in [1.54, 1.807) is 11.9 Å². The Bertz CT molecular complexity index is 868. The molecule has 0 radical (unpaired) electrons. The van der Waals surface area contributed by atoms with Crippen molar-refractivity contribution in [2.24, 2.45) is 0 Å². The highest BCUT2D eigenvalue weighted by Gasteiger charge is 2.29. The number of benzene rings is 2. The van der Waals surface area contributed by atoms with E-state index in [9.17, 15) is 4.79 Å². The van der Waals surface area contributed by atoms with E-state index in [1.165, 1.54) is 22.3 Å². The van der Waals surface area contributed by atoms with Crippen LogP contribution in [0.5, 0.6) is 0 Å². The summed E-state index contributed by atoms with van der Waals surface area (Å²) in [6.07, 6.45) is 2.81. The maximum atomic E-state index is 12.5. The summed E-state index contributed by atoms with van der Waals surface area (Å²) in [6.45, 7) is 3.99. The molecule has 1 unspecified atom stereocenters. The molecule has 0 saturated carbocycles. The standard InChI is InChI=1S/C27H35NO6/c1-28(13-15-30-16-17-31-18-19-33-26-12-6-7-14-32-26)27(29)34-20-25-23-10-4-2-8-21(23)22-9-3-5-11-24(22)25/h2-5,8-11,25-26H,6-7,12-20H2,1H3. The van der Waals surface area contributed by atoms with E-state index < -0.39 is 0 Å². The Kier molecular flexibility index (Phi) is 9.33. The molecule has 2 aromatic rings. The Hall–Kier alpha value is -2.45. The Morgan fingerprint density at radius 3 is 2.24 bits per heavy atom. The van der Waals surface area contributed by atoms with Crippen molar-refractivity contribution in [2.75, 3.05) is 59.8 Å². The third kappa shape index (κ3) is 6.57. The summed E-state index contributed by atoms with van der Waals surface area (Å²) in [4.78, 5) is 14.0. The van der Waals surface area contributed by atoms with Crippen LogP contribution in [0.15, 0.2) is 48.5 Å². The highest BCUT2D eigenvalue weighted by Crippen LogP contribution is 2.44. The van der Waals surface area contributed by atoms with Gasteiger partial charge >= 0.3 is 6.09 Å². The number of amides is 1. The second-order valence-corrected chi connectivity index (χ2v) is 8.62. The Morgan fingerprint density at radius 1 is 0.912 bits per heavy atom. The van der Waals surface area contributed by atoms with Gasteiger partial charge in [-0.1, -0.05) is 48.5 Å². The molecule has 2 aliphatic rings. The lowest BCUT2D eigenvalue weighted by Crippen LogP contribution is -2.32. The van der Waals surface area contributed by atoms with Crippen molar-refractivity contribution in [3.63, 3.8) is 0 Å². The molecule has 1 heterocycles. The molecular formula is C27H35NO6. The van der Waals surface area contributed by atoms with Crippen LogP contribution < -0.4 is 0 Å². The predicted molar refractivity (Wildman–Crippen MR) is 129 cm³/mol. The van der Waals surface area contributed by atoms with Crippen LogP contribution in [0.2, 0.25) is 0 Å². The first kappa shape index (κ1) is 24.7. The summed E-state index contributed by atoms with van der Waals surface area (Å²) in [7, 11) is 1.73. The van der Waals surface area contributed by atoms with E-state index >= 15 is 0 Å². The van der Waals surface area contributed by atoms with E-state index in [4.69, 9.17) is 23.7 Å². The summed E-state index contributed by atoms with van der Waals surface area (Å²) in [5.41, 5.74) is 4.85. The number of carbonyl (C=O) groups is 1. The molecule has 1 amide bonds. The van der Waals surface area contributed by atoms with Crippen molar-refractivity contribution in [3.8, 4) is 11.1 Å². The van der Waals surface area contributed by atoms with Crippen molar-refractivity contribution in [1.29, 1.82) is 0 Å². The summed E-state index contributed by atoms with van der Waals surface area (Å²) in [5, 5.41) is 0. The molecule has 1 aliphatic carbocycles. The fourth-order valence-corrected chi connectivity index (χ4v) is 4.40. The lowest BCUT2D eigenvalue weighted by Gasteiger charge is -2.22. The van der Waals surface area contributed by atoms with E-state index in [2.05, 4.69) is 24.3 Å². The van der Waals surface area contributed by atoms with Crippen molar-refractivity contribution in [3.05, 3.63) is 59.7 Å². The molecule has 0 spiro atoms. The van der Waals surface area contributed by atoms with Gasteiger partial charge in [-0.15, -0.1) is 0 Å². The van der Waals surface area contributed by atoms with Gasteiger partial charge in [0.1, 0.15) is 6.61 Å². The molecule has 0 N–H and O–H groups in total. The molecule has 2 aromatic carbocycles. The minimum absolute atomic E-state index is 0.0619. The van der Waals surface area contributed by atoms with E-state index in [-0.39, 0.29) is 18.3 Å². The molecule has 1 aliphatic heterocycles. The second-order valence-electron chi connectivity index (χ2n) is 8.62. The molecule has 1 atom stereocenters. The first-order chi connectivity index (χ1) is 16.7. The molecular weight excluding hydrogens is 434 g/mol. The van der Waals surface area contributed by atoms with Gasteiger partial charge in [0.05, 0.1) is 33.0 Å². The van der Waals surface area contributed by atoms with E-state index in [1.807, 2.05) is 24.3 Å². The van der Waals surface area contributed by atoms with Crippen LogP contribution in [0.4, 0.5) is 4.79 Å². The number of carbonyl (C=O) groups excluding carboxylic acids is 1.